The Hall–Kier alpha value is -2.63. The first kappa shape index (κ1) is 24.5. The number of fused-ring (bicyclic) bond motifs is 1. The van der Waals surface area contributed by atoms with Gasteiger partial charge in [-0.2, -0.15) is 0 Å². The Balaban J connectivity index is 1.57. The van der Waals surface area contributed by atoms with Crippen LogP contribution in [0.5, 0.6) is 0 Å². The van der Waals surface area contributed by atoms with Gasteiger partial charge in [0.25, 0.3) is 5.91 Å². The summed E-state index contributed by atoms with van der Waals surface area (Å²) in [7, 11) is 0. The lowest BCUT2D eigenvalue weighted by Crippen LogP contribution is -2.40. The van der Waals surface area contributed by atoms with Gasteiger partial charge >= 0.3 is 0 Å². The van der Waals surface area contributed by atoms with Crippen molar-refractivity contribution in [2.45, 2.75) is 58.4 Å². The third-order valence-corrected chi connectivity index (χ3v) is 7.09. The summed E-state index contributed by atoms with van der Waals surface area (Å²) in [6.45, 7) is 10.9. The van der Waals surface area contributed by atoms with E-state index in [0.717, 1.165) is 31.5 Å². The first-order chi connectivity index (χ1) is 16.1. The minimum atomic E-state index is -0.389. The molecule has 0 spiro atoms. The highest BCUT2D eigenvalue weighted by Crippen LogP contribution is 2.28. The fourth-order valence-corrected chi connectivity index (χ4v) is 4.72. The molecule has 2 aromatic carbocycles. The number of carbonyl (C=O) groups is 1. The maximum atomic E-state index is 13.0. The molecule has 1 aromatic heterocycles. The van der Waals surface area contributed by atoms with Crippen molar-refractivity contribution in [3.63, 3.8) is 0 Å². The van der Waals surface area contributed by atoms with Crippen LogP contribution in [0.2, 0.25) is 5.02 Å². The summed E-state index contributed by atoms with van der Waals surface area (Å²) in [6, 6.07) is 13.3. The van der Waals surface area contributed by atoms with Crippen LogP contribution in [-0.2, 0) is 5.41 Å². The molecule has 1 aliphatic heterocycles. The van der Waals surface area contributed by atoms with Crippen molar-refractivity contribution in [1.29, 1.82) is 0 Å². The monoisotopic (exact) mass is 480 g/mol. The van der Waals surface area contributed by atoms with Gasteiger partial charge in [-0.15, -0.1) is 0 Å². The van der Waals surface area contributed by atoms with Gasteiger partial charge < -0.3 is 9.73 Å². The van der Waals surface area contributed by atoms with Gasteiger partial charge in [0.05, 0.1) is 11.4 Å². The molecule has 1 N–H and O–H groups in total. The Labute approximate surface area is 206 Å². The maximum Gasteiger partial charge on any atom is 0.287 e. The molecule has 2 heterocycles. The zero-order chi connectivity index (χ0) is 24.5. The molecule has 4 rings (SSSR count). The third kappa shape index (κ3) is 5.37. The van der Waals surface area contributed by atoms with Crippen molar-refractivity contribution in [3.8, 4) is 0 Å². The molecule has 0 aliphatic carbocycles. The molecule has 1 fully saturated rings. The van der Waals surface area contributed by atoms with Crippen LogP contribution in [0.4, 0.5) is 0 Å². The summed E-state index contributed by atoms with van der Waals surface area (Å²) in [4.78, 5) is 28.0. The van der Waals surface area contributed by atoms with Crippen LogP contribution in [0.1, 0.15) is 73.3 Å². The molecule has 180 valence electrons. The van der Waals surface area contributed by atoms with E-state index in [-0.39, 0.29) is 28.6 Å². The maximum absolute atomic E-state index is 13.0. The number of hydrogen-bond acceptors (Lipinski definition) is 4. The molecular weight excluding hydrogens is 448 g/mol. The smallest absolute Gasteiger partial charge is 0.287 e. The van der Waals surface area contributed by atoms with Crippen molar-refractivity contribution < 1.29 is 9.21 Å². The highest BCUT2D eigenvalue weighted by atomic mass is 35.5. The lowest BCUT2D eigenvalue weighted by molar-refractivity contribution is 0.0897. The first-order valence-corrected chi connectivity index (χ1v) is 12.4. The van der Waals surface area contributed by atoms with Crippen molar-refractivity contribution in [1.82, 2.24) is 10.2 Å². The molecule has 0 unspecified atom stereocenters. The molecule has 0 radical (unpaired) electrons. The van der Waals surface area contributed by atoms with Gasteiger partial charge in [-0.25, -0.2) is 0 Å². The molecule has 0 bridgehead atoms. The van der Waals surface area contributed by atoms with E-state index in [2.05, 4.69) is 55.3 Å². The lowest BCUT2D eigenvalue weighted by Gasteiger charge is -2.35. The van der Waals surface area contributed by atoms with Crippen molar-refractivity contribution in [2.24, 2.45) is 0 Å². The van der Waals surface area contributed by atoms with Gasteiger partial charge in [0.15, 0.2) is 11.2 Å². The second-order valence-electron chi connectivity index (χ2n) is 10.3. The van der Waals surface area contributed by atoms with Crippen LogP contribution >= 0.6 is 11.6 Å². The average Bonchev–Trinajstić information content (AvgIpc) is 2.81. The summed E-state index contributed by atoms with van der Waals surface area (Å²) >= 11 is 6.15. The number of likely N-dealkylation sites (tertiary alicyclic amines) is 1. The van der Waals surface area contributed by atoms with Gasteiger partial charge in [0.2, 0.25) is 0 Å². The van der Waals surface area contributed by atoms with Gasteiger partial charge in [-0.1, -0.05) is 63.1 Å². The number of aryl methyl sites for hydroxylation is 1. The molecule has 1 aliphatic rings. The number of halogens is 1. The third-order valence-electron chi connectivity index (χ3n) is 6.68. The van der Waals surface area contributed by atoms with E-state index in [1.807, 2.05) is 6.92 Å². The topological polar surface area (TPSA) is 62.6 Å². The Kier molecular flexibility index (Phi) is 7.15. The molecular formula is C28H33ClN2O3. The predicted octanol–water partition coefficient (Wildman–Crippen LogP) is 6.01. The van der Waals surface area contributed by atoms with Crippen LogP contribution in [0.3, 0.4) is 0 Å². The molecule has 6 heteroatoms. The molecule has 34 heavy (non-hydrogen) atoms. The van der Waals surface area contributed by atoms with E-state index in [1.54, 1.807) is 12.1 Å². The summed E-state index contributed by atoms with van der Waals surface area (Å²) in [6.07, 6.45) is 3.56. The SMILES string of the molecule is Cc1cc2oc(C(=O)NC[C@@H](c3ccc(C(C)(C)C)cc3)N3CCCCC3)cc(=O)c2cc1Cl. The highest BCUT2D eigenvalue weighted by molar-refractivity contribution is 6.32. The normalized spacial score (nSPS) is 15.9. The molecule has 1 saturated heterocycles. The number of hydrogen-bond donors (Lipinski definition) is 1. The van der Waals surface area contributed by atoms with Gasteiger partial charge in [0.1, 0.15) is 5.58 Å². The summed E-state index contributed by atoms with van der Waals surface area (Å²) < 4.78 is 5.79. The molecule has 3 aromatic rings. The minimum Gasteiger partial charge on any atom is -0.451 e. The average molecular weight is 481 g/mol. The number of carbonyl (C=O) groups excluding carboxylic acids is 1. The Morgan fingerprint density at radius 3 is 2.41 bits per heavy atom. The van der Waals surface area contributed by atoms with Crippen molar-refractivity contribution in [3.05, 3.63) is 80.2 Å². The van der Waals surface area contributed by atoms with Gasteiger partial charge in [0, 0.05) is 17.6 Å². The van der Waals surface area contributed by atoms with E-state index in [4.69, 9.17) is 16.0 Å². The van der Waals surface area contributed by atoms with E-state index in [9.17, 15) is 9.59 Å². The quantitative estimate of drug-likeness (QED) is 0.485. The number of nitrogens with one attached hydrogen (secondary N) is 1. The fraction of sp³-hybridized carbons (Fsp3) is 0.429. The summed E-state index contributed by atoms with van der Waals surface area (Å²) in [5.74, 6) is -0.375. The molecule has 1 amide bonds. The zero-order valence-electron chi connectivity index (χ0n) is 20.4. The second-order valence-corrected chi connectivity index (χ2v) is 10.7. The van der Waals surface area contributed by atoms with Gasteiger partial charge in [-0.05, 0) is 67.1 Å². The number of benzene rings is 2. The minimum absolute atomic E-state index is 0.0136. The largest absolute Gasteiger partial charge is 0.451 e. The number of amides is 1. The van der Waals surface area contributed by atoms with E-state index >= 15 is 0 Å². The first-order valence-electron chi connectivity index (χ1n) is 12.0. The molecule has 1 atom stereocenters. The van der Waals surface area contributed by atoms with E-state index in [0.29, 0.717) is 22.5 Å². The summed E-state index contributed by atoms with van der Waals surface area (Å²) in [5.41, 5.74) is 3.43. The van der Waals surface area contributed by atoms with Crippen LogP contribution in [-0.4, -0.2) is 30.4 Å². The zero-order valence-corrected chi connectivity index (χ0v) is 21.2. The van der Waals surface area contributed by atoms with Crippen molar-refractivity contribution >= 4 is 28.5 Å². The van der Waals surface area contributed by atoms with Crippen LogP contribution in [0, 0.1) is 6.92 Å². The fourth-order valence-electron chi connectivity index (χ4n) is 4.56. The number of nitrogens with zero attached hydrogens (tertiary/aromatic N) is 1. The van der Waals surface area contributed by atoms with Crippen LogP contribution in [0.15, 0.2) is 51.7 Å². The Bertz CT molecular complexity index is 1240. The van der Waals surface area contributed by atoms with Crippen LogP contribution < -0.4 is 10.7 Å². The van der Waals surface area contributed by atoms with Crippen LogP contribution in [0.25, 0.3) is 11.0 Å². The Morgan fingerprint density at radius 1 is 1.09 bits per heavy atom. The van der Waals surface area contributed by atoms with Crippen molar-refractivity contribution in [2.75, 3.05) is 19.6 Å². The Morgan fingerprint density at radius 2 is 1.76 bits per heavy atom. The lowest BCUT2D eigenvalue weighted by atomic mass is 9.86. The van der Waals surface area contributed by atoms with Gasteiger partial charge in [-0.3, -0.25) is 14.5 Å². The standard InChI is InChI=1S/C28H33ClN2O3/c1-18-14-25-21(15-22(18)29)24(32)16-26(34-25)27(33)30-17-23(31-12-6-5-7-13-31)19-8-10-20(11-9-19)28(2,3)4/h8-11,14-16,23H,5-7,12-13,17H2,1-4H3,(H,30,33)/t23-/m0/s1. The molecule has 5 nitrogen and oxygen atoms in total. The summed E-state index contributed by atoms with van der Waals surface area (Å²) in [5, 5.41) is 3.89. The number of piperidine rings is 1. The molecule has 0 saturated carbocycles. The van der Waals surface area contributed by atoms with E-state index < -0.39 is 0 Å². The highest BCUT2D eigenvalue weighted by Gasteiger charge is 2.24. The van der Waals surface area contributed by atoms with E-state index in [1.165, 1.54) is 23.6 Å². The second kappa shape index (κ2) is 9.93. The predicted molar refractivity (Wildman–Crippen MR) is 138 cm³/mol. The number of rotatable bonds is 5.